The van der Waals surface area contributed by atoms with Gasteiger partial charge >= 0.3 is 0 Å². The van der Waals surface area contributed by atoms with Gasteiger partial charge < -0.3 is 19.5 Å². The maximum Gasteiger partial charge on any atom is 0.246 e. The van der Waals surface area contributed by atoms with Crippen molar-refractivity contribution >= 4 is 39.2 Å². The minimum absolute atomic E-state index is 0.0402. The van der Waals surface area contributed by atoms with E-state index in [0.29, 0.717) is 12.8 Å². The molecule has 2 bridgehead atoms. The van der Waals surface area contributed by atoms with Crippen LogP contribution in [0.15, 0.2) is 34.1 Å². The van der Waals surface area contributed by atoms with Gasteiger partial charge in [-0.15, -0.1) is 11.3 Å². The Labute approximate surface area is 230 Å². The van der Waals surface area contributed by atoms with E-state index in [2.05, 4.69) is 26.9 Å². The number of hydrogen-bond donors (Lipinski definition) is 1. The first-order valence-corrected chi connectivity index (χ1v) is 15.1. The van der Waals surface area contributed by atoms with Crippen LogP contribution in [-0.2, 0) is 16.6 Å². The van der Waals surface area contributed by atoms with Gasteiger partial charge in [0.1, 0.15) is 6.10 Å². The van der Waals surface area contributed by atoms with Gasteiger partial charge in [-0.05, 0) is 90.7 Å². The molecule has 0 unspecified atom stereocenters. The molecule has 1 amide bonds. The van der Waals surface area contributed by atoms with Crippen molar-refractivity contribution in [3.8, 4) is 11.5 Å². The zero-order valence-corrected chi connectivity index (χ0v) is 23.7. The standard InChI is InChI=1S/C29H33BrN2O4S/c1-31(24(33)8-6-20-14-19(30)16-37-20)21-9-10-29(34)23-13-18-5-7-22(35-2)26-25(18)28(29,27(21)36-26)11-12-32(23)15-17-3-4-17/h5-8,14,16-17,21,23,27,34H,3-4,9-13,15H2,1-2H3/b8-6+/t21-,23+,27-,28-,29+/m0/s1. The van der Waals surface area contributed by atoms with Crippen molar-refractivity contribution in [2.75, 3.05) is 27.2 Å². The molecule has 3 heterocycles. The molecule has 8 heteroatoms. The maximum atomic E-state index is 13.4. The number of carbonyl (C=O) groups is 1. The molecule has 1 aromatic heterocycles. The van der Waals surface area contributed by atoms with E-state index in [9.17, 15) is 9.90 Å². The van der Waals surface area contributed by atoms with Gasteiger partial charge in [-0.1, -0.05) is 6.07 Å². The normalized spacial score (nSPS) is 33.8. The van der Waals surface area contributed by atoms with E-state index >= 15 is 0 Å². The number of ether oxygens (including phenoxy) is 2. The maximum absolute atomic E-state index is 13.4. The molecule has 37 heavy (non-hydrogen) atoms. The van der Waals surface area contributed by atoms with Crippen LogP contribution in [0.3, 0.4) is 0 Å². The van der Waals surface area contributed by atoms with Crippen molar-refractivity contribution in [1.82, 2.24) is 9.80 Å². The predicted octanol–water partition coefficient (Wildman–Crippen LogP) is 4.62. The second kappa shape index (κ2) is 8.57. The van der Waals surface area contributed by atoms with Crippen LogP contribution in [0.25, 0.3) is 6.08 Å². The Kier molecular flexibility index (Phi) is 5.60. The van der Waals surface area contributed by atoms with Gasteiger partial charge in [0.25, 0.3) is 0 Å². The fraction of sp³-hybridized carbons (Fsp3) is 0.552. The van der Waals surface area contributed by atoms with Crippen LogP contribution < -0.4 is 9.47 Å². The number of carbonyl (C=O) groups excluding carboxylic acids is 1. The number of nitrogens with zero attached hydrogens (tertiary/aromatic N) is 2. The van der Waals surface area contributed by atoms with Crippen molar-refractivity contribution in [3.05, 3.63) is 50.1 Å². The molecule has 1 spiro atoms. The molecule has 1 aromatic carbocycles. The summed E-state index contributed by atoms with van der Waals surface area (Å²) in [4.78, 5) is 18.8. The Hall–Kier alpha value is -1.87. The number of methoxy groups -OCH3 is 1. The summed E-state index contributed by atoms with van der Waals surface area (Å²) in [5.41, 5.74) is 1.00. The zero-order valence-electron chi connectivity index (χ0n) is 21.3. The second-order valence-corrected chi connectivity index (χ2v) is 13.4. The summed E-state index contributed by atoms with van der Waals surface area (Å²) in [5, 5.41) is 14.7. The fourth-order valence-corrected chi connectivity index (χ4v) is 9.19. The van der Waals surface area contributed by atoms with Crippen LogP contribution in [0.1, 0.15) is 48.1 Å². The number of aliphatic hydroxyl groups is 1. The summed E-state index contributed by atoms with van der Waals surface area (Å²) in [6.07, 6.45) is 8.90. The van der Waals surface area contributed by atoms with Crippen molar-refractivity contribution in [2.24, 2.45) is 5.92 Å². The van der Waals surface area contributed by atoms with Crippen LogP contribution in [0.4, 0.5) is 0 Å². The first kappa shape index (κ1) is 24.2. The Balaban J connectivity index is 1.27. The predicted molar refractivity (Wildman–Crippen MR) is 147 cm³/mol. The Morgan fingerprint density at radius 2 is 2.19 bits per heavy atom. The van der Waals surface area contributed by atoms with Crippen LogP contribution >= 0.6 is 27.3 Å². The summed E-state index contributed by atoms with van der Waals surface area (Å²) in [6.45, 7) is 2.04. The fourth-order valence-electron chi connectivity index (χ4n) is 7.85. The largest absolute Gasteiger partial charge is 0.493 e. The topological polar surface area (TPSA) is 62.2 Å². The van der Waals surface area contributed by atoms with Crippen LogP contribution in [0, 0.1) is 5.92 Å². The van der Waals surface area contributed by atoms with E-state index in [4.69, 9.17) is 9.47 Å². The van der Waals surface area contributed by atoms with E-state index < -0.39 is 11.0 Å². The minimum Gasteiger partial charge on any atom is -0.493 e. The van der Waals surface area contributed by atoms with Crippen molar-refractivity contribution < 1.29 is 19.4 Å². The zero-order chi connectivity index (χ0) is 25.5. The minimum atomic E-state index is -0.880. The van der Waals surface area contributed by atoms with Crippen molar-refractivity contribution in [1.29, 1.82) is 0 Å². The van der Waals surface area contributed by atoms with Crippen molar-refractivity contribution in [3.63, 3.8) is 0 Å². The molecule has 2 aliphatic heterocycles. The van der Waals surface area contributed by atoms with Gasteiger partial charge in [0.15, 0.2) is 11.5 Å². The second-order valence-electron chi connectivity index (χ2n) is 11.5. The number of amides is 1. The smallest absolute Gasteiger partial charge is 0.246 e. The van der Waals surface area contributed by atoms with Crippen LogP contribution in [-0.4, -0.2) is 71.8 Å². The third kappa shape index (κ3) is 3.45. The van der Waals surface area contributed by atoms with Crippen LogP contribution in [0.5, 0.6) is 11.5 Å². The highest BCUT2D eigenvalue weighted by molar-refractivity contribution is 9.10. The number of piperidine rings is 1. The summed E-state index contributed by atoms with van der Waals surface area (Å²) in [7, 11) is 3.56. The highest BCUT2D eigenvalue weighted by Crippen LogP contribution is 2.66. The van der Waals surface area contributed by atoms with E-state index in [-0.39, 0.29) is 24.1 Å². The molecule has 3 fully saturated rings. The average molecular weight is 586 g/mol. The number of likely N-dealkylation sites (tertiary alicyclic amines) is 1. The molecule has 1 N–H and O–H groups in total. The summed E-state index contributed by atoms with van der Waals surface area (Å²) in [5.74, 6) is 2.24. The molecule has 7 rings (SSSR count). The molecule has 6 nitrogen and oxygen atoms in total. The summed E-state index contributed by atoms with van der Waals surface area (Å²) < 4.78 is 13.6. The van der Waals surface area contributed by atoms with Gasteiger partial charge in [0.2, 0.25) is 5.91 Å². The molecule has 3 aliphatic carbocycles. The molecule has 2 aromatic rings. The van der Waals surface area contributed by atoms with Gasteiger partial charge in [-0.2, -0.15) is 0 Å². The lowest BCUT2D eigenvalue weighted by Crippen LogP contribution is -2.78. The highest BCUT2D eigenvalue weighted by Gasteiger charge is 2.73. The lowest BCUT2D eigenvalue weighted by atomic mass is 9.48. The van der Waals surface area contributed by atoms with E-state index in [1.165, 1.54) is 18.4 Å². The molecule has 0 radical (unpaired) electrons. The first-order chi connectivity index (χ1) is 17.9. The molecule has 1 saturated heterocycles. The van der Waals surface area contributed by atoms with E-state index in [1.54, 1.807) is 24.5 Å². The van der Waals surface area contributed by atoms with Gasteiger partial charge in [-0.3, -0.25) is 9.69 Å². The molecule has 5 aliphatic rings. The van der Waals surface area contributed by atoms with Crippen LogP contribution in [0.2, 0.25) is 0 Å². The van der Waals surface area contributed by atoms with E-state index in [0.717, 1.165) is 58.3 Å². The lowest BCUT2D eigenvalue weighted by Gasteiger charge is -2.64. The molecule has 196 valence electrons. The van der Waals surface area contributed by atoms with E-state index in [1.807, 2.05) is 35.5 Å². The Morgan fingerprint density at radius 1 is 1.35 bits per heavy atom. The number of halogens is 1. The number of rotatable bonds is 6. The number of likely N-dealkylation sites (N-methyl/N-ethyl adjacent to an activating group) is 1. The average Bonchev–Trinajstić information content (AvgIpc) is 3.50. The first-order valence-electron chi connectivity index (χ1n) is 13.4. The molecule has 5 atom stereocenters. The van der Waals surface area contributed by atoms with Gasteiger partial charge in [-0.25, -0.2) is 0 Å². The Morgan fingerprint density at radius 3 is 2.92 bits per heavy atom. The lowest BCUT2D eigenvalue weighted by molar-refractivity contribution is -0.200. The Bertz CT molecular complexity index is 1290. The number of hydrogen-bond acceptors (Lipinski definition) is 6. The monoisotopic (exact) mass is 584 g/mol. The summed E-state index contributed by atoms with van der Waals surface area (Å²) in [6, 6.07) is 6.15. The summed E-state index contributed by atoms with van der Waals surface area (Å²) >= 11 is 5.08. The third-order valence-electron chi connectivity index (χ3n) is 9.76. The number of thiophene rings is 1. The van der Waals surface area contributed by atoms with Gasteiger partial charge in [0, 0.05) is 46.0 Å². The third-order valence-corrected chi connectivity index (χ3v) is 11.4. The highest BCUT2D eigenvalue weighted by atomic mass is 79.9. The molecule has 2 saturated carbocycles. The molecular formula is C29H33BrN2O4S. The van der Waals surface area contributed by atoms with Gasteiger partial charge in [0.05, 0.1) is 24.2 Å². The SMILES string of the molecule is COc1ccc2c3c1O[C@H]1[C@@H](N(C)C(=O)/C=C/c4cc(Br)cs4)CC[C@@]4(O)[C@@H](C2)N(CC2CC2)CC[C@]314. The van der Waals surface area contributed by atoms with Crippen molar-refractivity contribution in [2.45, 2.75) is 67.7 Å². The number of benzene rings is 1. The quantitative estimate of drug-likeness (QED) is 0.502. The molecular weight excluding hydrogens is 552 g/mol.